The molecule has 5 nitrogen and oxygen atoms in total. The number of hydrogen-bond donors (Lipinski definition) is 3. The summed E-state index contributed by atoms with van der Waals surface area (Å²) in [7, 11) is 1.85. The first-order valence-electron chi connectivity index (χ1n) is 6.47. The van der Waals surface area contributed by atoms with Crippen molar-refractivity contribution in [1.82, 2.24) is 9.97 Å². The van der Waals surface area contributed by atoms with Crippen LogP contribution in [0.2, 0.25) is 0 Å². The van der Waals surface area contributed by atoms with Crippen LogP contribution in [-0.4, -0.2) is 34.3 Å². The third-order valence-corrected chi connectivity index (χ3v) is 3.88. The Morgan fingerprint density at radius 2 is 2.06 bits per heavy atom. The molecule has 0 bridgehead atoms. The van der Waals surface area contributed by atoms with Crippen molar-refractivity contribution in [1.29, 1.82) is 0 Å². The van der Waals surface area contributed by atoms with Gasteiger partial charge < -0.3 is 15.7 Å². The predicted molar refractivity (Wildman–Crippen MR) is 72.8 cm³/mol. The Morgan fingerprint density at radius 3 is 2.56 bits per heavy atom. The lowest BCUT2D eigenvalue weighted by Crippen LogP contribution is -2.57. The average Bonchev–Trinajstić information content (AvgIpc) is 2.38. The molecule has 0 radical (unpaired) electrons. The van der Waals surface area contributed by atoms with E-state index in [1.54, 1.807) is 0 Å². The first-order valence-corrected chi connectivity index (χ1v) is 6.47. The van der Waals surface area contributed by atoms with E-state index >= 15 is 0 Å². The summed E-state index contributed by atoms with van der Waals surface area (Å²) in [5.41, 5.74) is -0.100. The van der Waals surface area contributed by atoms with Crippen molar-refractivity contribution in [3.05, 3.63) is 11.9 Å². The van der Waals surface area contributed by atoms with Crippen LogP contribution < -0.4 is 10.6 Å². The molecule has 100 valence electrons. The maximum atomic E-state index is 9.74. The Bertz CT molecular complexity index is 411. The van der Waals surface area contributed by atoms with Crippen molar-refractivity contribution in [2.45, 2.75) is 45.8 Å². The minimum atomic E-state index is -0.230. The molecule has 1 saturated carbocycles. The van der Waals surface area contributed by atoms with Gasteiger partial charge in [-0.2, -0.15) is 0 Å². The van der Waals surface area contributed by atoms with Gasteiger partial charge >= 0.3 is 0 Å². The Morgan fingerprint density at radius 1 is 1.39 bits per heavy atom. The monoisotopic (exact) mass is 250 g/mol. The van der Waals surface area contributed by atoms with Gasteiger partial charge in [0.25, 0.3) is 0 Å². The van der Waals surface area contributed by atoms with Crippen LogP contribution in [0.3, 0.4) is 0 Å². The van der Waals surface area contributed by atoms with E-state index in [0.29, 0.717) is 0 Å². The van der Waals surface area contributed by atoms with Crippen molar-refractivity contribution < 1.29 is 5.11 Å². The molecule has 2 unspecified atom stereocenters. The number of rotatable bonds is 4. The lowest BCUT2D eigenvalue weighted by Gasteiger charge is -2.49. The molecule has 0 aromatic carbocycles. The average molecular weight is 250 g/mol. The van der Waals surface area contributed by atoms with Crippen LogP contribution in [0.5, 0.6) is 0 Å². The van der Waals surface area contributed by atoms with Crippen molar-refractivity contribution in [2.75, 3.05) is 17.7 Å². The highest BCUT2D eigenvalue weighted by Crippen LogP contribution is 2.42. The Balaban J connectivity index is 2.14. The summed E-state index contributed by atoms with van der Waals surface area (Å²) in [6.07, 6.45) is 1.35. The highest BCUT2D eigenvalue weighted by atomic mass is 16.3. The van der Waals surface area contributed by atoms with E-state index < -0.39 is 0 Å². The first-order chi connectivity index (χ1) is 8.47. The summed E-state index contributed by atoms with van der Waals surface area (Å²) in [5.74, 6) is 2.47. The summed E-state index contributed by atoms with van der Waals surface area (Å²) >= 11 is 0. The third-order valence-electron chi connectivity index (χ3n) is 3.88. The zero-order valence-corrected chi connectivity index (χ0v) is 11.5. The summed E-state index contributed by atoms with van der Waals surface area (Å²) in [5, 5.41) is 16.2. The van der Waals surface area contributed by atoms with E-state index in [4.69, 9.17) is 0 Å². The molecule has 1 heterocycles. The minimum absolute atomic E-state index is 0.100. The normalized spacial score (nSPS) is 25.4. The number of aromatic nitrogens is 2. The number of aliphatic hydroxyl groups is 1. The van der Waals surface area contributed by atoms with Gasteiger partial charge in [-0.3, -0.25) is 0 Å². The van der Waals surface area contributed by atoms with Gasteiger partial charge in [-0.05, 0) is 6.42 Å². The van der Waals surface area contributed by atoms with E-state index in [1.165, 1.54) is 0 Å². The second-order valence-corrected chi connectivity index (χ2v) is 5.43. The lowest BCUT2D eigenvalue weighted by molar-refractivity contribution is -0.0511. The summed E-state index contributed by atoms with van der Waals surface area (Å²) in [6.45, 7) is 6.18. The fourth-order valence-electron chi connectivity index (χ4n) is 2.18. The van der Waals surface area contributed by atoms with Gasteiger partial charge in [0.1, 0.15) is 17.5 Å². The van der Waals surface area contributed by atoms with Gasteiger partial charge in [0.15, 0.2) is 0 Å². The van der Waals surface area contributed by atoms with Crippen LogP contribution in [-0.2, 0) is 6.42 Å². The maximum absolute atomic E-state index is 9.74. The summed E-state index contributed by atoms with van der Waals surface area (Å²) in [4.78, 5) is 8.83. The van der Waals surface area contributed by atoms with E-state index in [9.17, 15) is 5.11 Å². The fourth-order valence-corrected chi connectivity index (χ4v) is 2.18. The molecule has 2 atom stereocenters. The SMILES string of the molecule is CCc1nc(NC)cc(NC2CC(O)C2(C)C)n1. The van der Waals surface area contributed by atoms with Crippen molar-refractivity contribution in [2.24, 2.45) is 5.41 Å². The van der Waals surface area contributed by atoms with Crippen molar-refractivity contribution in [3.8, 4) is 0 Å². The second-order valence-electron chi connectivity index (χ2n) is 5.43. The van der Waals surface area contributed by atoms with Crippen molar-refractivity contribution >= 4 is 11.6 Å². The van der Waals surface area contributed by atoms with Crippen LogP contribution in [0, 0.1) is 5.41 Å². The number of anilines is 2. The number of aryl methyl sites for hydroxylation is 1. The smallest absolute Gasteiger partial charge is 0.132 e. The molecule has 0 spiro atoms. The van der Waals surface area contributed by atoms with Crippen molar-refractivity contribution in [3.63, 3.8) is 0 Å². The number of hydrogen-bond acceptors (Lipinski definition) is 5. The molecule has 0 saturated heterocycles. The molecular formula is C13H22N4O. The third kappa shape index (κ3) is 2.27. The highest BCUT2D eigenvalue weighted by molar-refractivity contribution is 5.48. The molecule has 18 heavy (non-hydrogen) atoms. The zero-order valence-electron chi connectivity index (χ0n) is 11.5. The van der Waals surface area contributed by atoms with Gasteiger partial charge in [-0.1, -0.05) is 20.8 Å². The molecule has 1 aliphatic carbocycles. The maximum Gasteiger partial charge on any atom is 0.132 e. The van der Waals surface area contributed by atoms with Gasteiger partial charge in [0.2, 0.25) is 0 Å². The Hall–Kier alpha value is -1.36. The van der Waals surface area contributed by atoms with Crippen LogP contribution in [0.4, 0.5) is 11.6 Å². The molecule has 1 aromatic rings. The van der Waals surface area contributed by atoms with Gasteiger partial charge in [0.05, 0.1) is 6.10 Å². The molecule has 5 heteroatoms. The summed E-state index contributed by atoms with van der Waals surface area (Å²) < 4.78 is 0. The van der Waals surface area contributed by atoms with Gasteiger partial charge in [-0.25, -0.2) is 9.97 Å². The number of nitrogens with one attached hydrogen (secondary N) is 2. The van der Waals surface area contributed by atoms with E-state index in [1.807, 2.05) is 20.0 Å². The van der Waals surface area contributed by atoms with Crippen LogP contribution in [0.15, 0.2) is 6.07 Å². The minimum Gasteiger partial charge on any atom is -0.392 e. The van der Waals surface area contributed by atoms with Crippen LogP contribution in [0.25, 0.3) is 0 Å². The molecule has 2 rings (SSSR count). The molecule has 3 N–H and O–H groups in total. The molecule has 1 fully saturated rings. The predicted octanol–water partition coefficient (Wildman–Crippen LogP) is 1.65. The topological polar surface area (TPSA) is 70.1 Å². The highest BCUT2D eigenvalue weighted by Gasteiger charge is 2.47. The second kappa shape index (κ2) is 4.72. The molecular weight excluding hydrogens is 228 g/mol. The summed E-state index contributed by atoms with van der Waals surface area (Å²) in [6, 6.07) is 2.16. The standard InChI is InChI=1S/C13H22N4O/c1-5-10-16-11(14-4)7-12(17-10)15-8-6-9(18)13(8,2)3/h7-9,18H,5-6H2,1-4H3,(H2,14,15,16,17). The van der Waals surface area contributed by atoms with Crippen LogP contribution in [0.1, 0.15) is 33.0 Å². The number of nitrogens with zero attached hydrogens (tertiary/aromatic N) is 2. The number of aliphatic hydroxyl groups excluding tert-OH is 1. The fraction of sp³-hybridized carbons (Fsp3) is 0.692. The zero-order chi connectivity index (χ0) is 13.3. The Kier molecular flexibility index (Phi) is 3.43. The quantitative estimate of drug-likeness (QED) is 0.758. The molecule has 1 aromatic heterocycles. The van der Waals surface area contributed by atoms with Crippen LogP contribution >= 0.6 is 0 Å². The molecule has 0 aliphatic heterocycles. The van der Waals surface area contributed by atoms with E-state index in [-0.39, 0.29) is 17.6 Å². The molecule has 1 aliphatic rings. The van der Waals surface area contributed by atoms with E-state index in [2.05, 4.69) is 34.4 Å². The lowest BCUT2D eigenvalue weighted by atomic mass is 9.64. The van der Waals surface area contributed by atoms with E-state index in [0.717, 1.165) is 30.3 Å². The van der Waals surface area contributed by atoms with Gasteiger partial charge in [-0.15, -0.1) is 0 Å². The Labute approximate surface area is 108 Å². The first kappa shape index (κ1) is 13.1. The van der Waals surface area contributed by atoms with Gasteiger partial charge in [0, 0.05) is 31.0 Å². The molecule has 0 amide bonds. The largest absolute Gasteiger partial charge is 0.392 e.